The van der Waals surface area contributed by atoms with Gasteiger partial charge in [-0.05, 0) is 6.42 Å². The zero-order chi connectivity index (χ0) is 4.69. The molecular formula is C5H8NO. The minimum absolute atomic E-state index is 0.505. The number of nitrogens with zero attached hydrogens (tertiary/aromatic N) is 1. The number of ether oxygens (including phenoxy) is 1. The molecular weight excluding hydrogens is 90.1 g/mol. The largest absolute Gasteiger partial charge is 0.375 e. The van der Waals surface area contributed by atoms with Gasteiger partial charge in [0.25, 0.3) is 0 Å². The first kappa shape index (κ1) is 3.87. The molecule has 0 amide bonds. The van der Waals surface area contributed by atoms with Crippen molar-refractivity contribution in [1.29, 1.82) is 0 Å². The molecule has 2 bridgehead atoms. The van der Waals surface area contributed by atoms with Crippen LogP contribution in [0.1, 0.15) is 6.42 Å². The van der Waals surface area contributed by atoms with E-state index in [1.165, 1.54) is 6.42 Å². The minimum atomic E-state index is 0.505. The summed E-state index contributed by atoms with van der Waals surface area (Å²) in [4.78, 5) is 0. The highest BCUT2D eigenvalue weighted by Crippen LogP contribution is 2.19. The Morgan fingerprint density at radius 1 is 1.57 bits per heavy atom. The Kier molecular flexibility index (Phi) is 0.664. The van der Waals surface area contributed by atoms with E-state index in [0.717, 1.165) is 13.2 Å². The summed E-state index contributed by atoms with van der Waals surface area (Å²) >= 11 is 0. The molecule has 0 spiro atoms. The summed E-state index contributed by atoms with van der Waals surface area (Å²) in [5.41, 5.74) is 0. The molecule has 2 heterocycles. The second-order valence-electron chi connectivity index (χ2n) is 2.21. The zero-order valence-corrected chi connectivity index (χ0v) is 4.13. The molecule has 2 nitrogen and oxygen atoms in total. The van der Waals surface area contributed by atoms with Crippen molar-refractivity contribution in [1.82, 2.24) is 5.32 Å². The molecule has 7 heavy (non-hydrogen) atoms. The fraction of sp³-hybridized carbons (Fsp3) is 1.00. The van der Waals surface area contributed by atoms with E-state index in [2.05, 4.69) is 5.32 Å². The van der Waals surface area contributed by atoms with Crippen molar-refractivity contribution in [2.75, 3.05) is 13.2 Å². The molecule has 2 unspecified atom stereocenters. The molecule has 0 aromatic rings. The quantitative estimate of drug-likeness (QED) is 0.410. The molecule has 0 aliphatic carbocycles. The lowest BCUT2D eigenvalue weighted by molar-refractivity contribution is 0.0878. The summed E-state index contributed by atoms with van der Waals surface area (Å²) < 4.78 is 5.26. The van der Waals surface area contributed by atoms with Gasteiger partial charge in [-0.15, -0.1) is 0 Å². The van der Waals surface area contributed by atoms with Gasteiger partial charge in [-0.3, -0.25) is 0 Å². The molecule has 2 atom stereocenters. The highest BCUT2D eigenvalue weighted by molar-refractivity contribution is 4.87. The van der Waals surface area contributed by atoms with Gasteiger partial charge in [0.15, 0.2) is 0 Å². The van der Waals surface area contributed by atoms with Gasteiger partial charge in [0.05, 0.1) is 18.8 Å². The van der Waals surface area contributed by atoms with Crippen molar-refractivity contribution in [2.45, 2.75) is 18.6 Å². The number of hydrogen-bond acceptors (Lipinski definition) is 1. The summed E-state index contributed by atoms with van der Waals surface area (Å²) in [6, 6.07) is 0.574. The minimum Gasteiger partial charge on any atom is -0.375 e. The summed E-state index contributed by atoms with van der Waals surface area (Å²) in [6.07, 6.45) is 1.70. The lowest BCUT2D eigenvalue weighted by Gasteiger charge is -2.07. The Labute approximate surface area is 42.9 Å². The van der Waals surface area contributed by atoms with Gasteiger partial charge >= 0.3 is 0 Å². The highest BCUT2D eigenvalue weighted by Gasteiger charge is 2.32. The maximum Gasteiger partial charge on any atom is 0.0733 e. The summed E-state index contributed by atoms with van der Waals surface area (Å²) in [6.45, 7) is 1.86. The van der Waals surface area contributed by atoms with Crippen LogP contribution in [-0.4, -0.2) is 25.3 Å². The van der Waals surface area contributed by atoms with E-state index >= 15 is 0 Å². The lowest BCUT2D eigenvalue weighted by Crippen LogP contribution is -2.24. The molecule has 2 aliphatic heterocycles. The van der Waals surface area contributed by atoms with E-state index in [0.29, 0.717) is 12.1 Å². The summed E-state index contributed by atoms with van der Waals surface area (Å²) in [5.74, 6) is 0. The number of fused-ring (bicyclic) bond motifs is 2. The average Bonchev–Trinajstić information content (AvgIpc) is 2.22. The average molecular weight is 98.1 g/mol. The van der Waals surface area contributed by atoms with Crippen LogP contribution in [0.3, 0.4) is 0 Å². The second-order valence-corrected chi connectivity index (χ2v) is 2.21. The predicted octanol–water partition coefficient (Wildman–Crippen LogP) is -0.238. The van der Waals surface area contributed by atoms with E-state index in [4.69, 9.17) is 4.74 Å². The van der Waals surface area contributed by atoms with Gasteiger partial charge in [-0.1, -0.05) is 0 Å². The SMILES string of the molecule is C1OC2C[N]C1C2. The van der Waals surface area contributed by atoms with E-state index in [1.54, 1.807) is 0 Å². The van der Waals surface area contributed by atoms with Crippen molar-refractivity contribution in [3.05, 3.63) is 0 Å². The Morgan fingerprint density at radius 2 is 2.57 bits per heavy atom. The Morgan fingerprint density at radius 3 is 2.71 bits per heavy atom. The van der Waals surface area contributed by atoms with Crippen LogP contribution >= 0.6 is 0 Å². The van der Waals surface area contributed by atoms with Gasteiger partial charge in [-0.2, -0.15) is 0 Å². The third-order valence-corrected chi connectivity index (χ3v) is 1.63. The fourth-order valence-electron chi connectivity index (χ4n) is 1.21. The van der Waals surface area contributed by atoms with Crippen LogP contribution in [0.25, 0.3) is 0 Å². The Hall–Kier alpha value is -0.0800. The molecule has 2 heteroatoms. The second kappa shape index (κ2) is 1.20. The van der Waals surface area contributed by atoms with Crippen LogP contribution in [0.5, 0.6) is 0 Å². The van der Waals surface area contributed by atoms with Crippen molar-refractivity contribution >= 4 is 0 Å². The van der Waals surface area contributed by atoms with E-state index in [-0.39, 0.29) is 0 Å². The fourth-order valence-corrected chi connectivity index (χ4v) is 1.21. The Bertz CT molecular complexity index is 66.1. The van der Waals surface area contributed by atoms with Gasteiger partial charge in [-0.25, -0.2) is 5.32 Å². The van der Waals surface area contributed by atoms with Crippen LogP contribution < -0.4 is 5.32 Å². The molecule has 0 saturated carbocycles. The van der Waals surface area contributed by atoms with Gasteiger partial charge in [0.1, 0.15) is 0 Å². The van der Waals surface area contributed by atoms with Crippen molar-refractivity contribution in [3.8, 4) is 0 Å². The third-order valence-electron chi connectivity index (χ3n) is 1.63. The molecule has 0 aromatic carbocycles. The first-order valence-electron chi connectivity index (χ1n) is 2.73. The van der Waals surface area contributed by atoms with Crippen molar-refractivity contribution < 1.29 is 4.74 Å². The molecule has 1 radical (unpaired) electrons. The molecule has 2 rings (SSSR count). The molecule has 2 aliphatic rings. The van der Waals surface area contributed by atoms with Gasteiger partial charge in [0, 0.05) is 6.54 Å². The first-order valence-corrected chi connectivity index (χ1v) is 2.73. The molecule has 39 valence electrons. The van der Waals surface area contributed by atoms with Crippen LogP contribution in [0, 0.1) is 0 Å². The van der Waals surface area contributed by atoms with E-state index in [9.17, 15) is 0 Å². The number of morpholine rings is 1. The van der Waals surface area contributed by atoms with E-state index in [1.807, 2.05) is 0 Å². The normalized spacial score (nSPS) is 48.0. The topological polar surface area (TPSA) is 23.3 Å². The third kappa shape index (κ3) is 0.469. The maximum absolute atomic E-state index is 5.26. The monoisotopic (exact) mass is 98.1 g/mol. The smallest absolute Gasteiger partial charge is 0.0733 e. The molecule has 0 N–H and O–H groups in total. The lowest BCUT2D eigenvalue weighted by atomic mass is 10.3. The van der Waals surface area contributed by atoms with Gasteiger partial charge < -0.3 is 4.74 Å². The molecule has 0 aromatic heterocycles. The predicted molar refractivity (Wildman–Crippen MR) is 25.1 cm³/mol. The van der Waals surface area contributed by atoms with Crippen molar-refractivity contribution in [2.24, 2.45) is 0 Å². The van der Waals surface area contributed by atoms with Crippen LogP contribution in [0.15, 0.2) is 0 Å². The van der Waals surface area contributed by atoms with E-state index < -0.39 is 0 Å². The zero-order valence-electron chi connectivity index (χ0n) is 4.13. The summed E-state index contributed by atoms with van der Waals surface area (Å²) in [5, 5.41) is 4.28. The highest BCUT2D eigenvalue weighted by atomic mass is 16.5. The van der Waals surface area contributed by atoms with Crippen LogP contribution in [0.4, 0.5) is 0 Å². The van der Waals surface area contributed by atoms with Crippen LogP contribution in [-0.2, 0) is 4.74 Å². The number of hydrogen-bond donors (Lipinski definition) is 0. The Balaban J connectivity index is 2.12. The summed E-state index contributed by atoms with van der Waals surface area (Å²) in [7, 11) is 0. The molecule has 2 fully saturated rings. The van der Waals surface area contributed by atoms with Crippen LogP contribution in [0.2, 0.25) is 0 Å². The maximum atomic E-state index is 5.26. The van der Waals surface area contributed by atoms with Crippen molar-refractivity contribution in [3.63, 3.8) is 0 Å². The standard InChI is InChI=1S/C5H8NO/c1-4-3-7-5(1)2-6-4/h4-5H,1-3H2. The number of rotatable bonds is 0. The van der Waals surface area contributed by atoms with Gasteiger partial charge in [0.2, 0.25) is 0 Å². The molecule has 2 saturated heterocycles. The first-order chi connectivity index (χ1) is 3.45.